The molecule has 0 aliphatic heterocycles. The topological polar surface area (TPSA) is 50.7 Å². The number of rotatable bonds is 2. The Morgan fingerprint density at radius 1 is 1.21 bits per heavy atom. The molecule has 4 nitrogen and oxygen atoms in total. The fourth-order valence-corrected chi connectivity index (χ4v) is 2.95. The van der Waals surface area contributed by atoms with Gasteiger partial charge in [0, 0.05) is 0 Å². The highest BCUT2D eigenvalue weighted by molar-refractivity contribution is 6.04. The predicted octanol–water partition coefficient (Wildman–Crippen LogP) is 3.64. The van der Waals surface area contributed by atoms with Gasteiger partial charge in [-0.15, -0.1) is 0 Å². The highest BCUT2D eigenvalue weighted by atomic mass is 19.1. The molecule has 0 bridgehead atoms. The van der Waals surface area contributed by atoms with Crippen molar-refractivity contribution in [2.45, 2.75) is 25.3 Å². The number of amidine groups is 1. The summed E-state index contributed by atoms with van der Waals surface area (Å²) in [5.41, 5.74) is 2.39. The average Bonchev–Trinajstić information content (AvgIpc) is 2.61. The number of aryl methyl sites for hydroxylation is 1. The normalized spacial score (nSPS) is 17.1. The van der Waals surface area contributed by atoms with Crippen LogP contribution in [0.5, 0.6) is 0 Å². The Balaban J connectivity index is 1.81. The quantitative estimate of drug-likeness (QED) is 0.677. The SMILES string of the molecule is COC(=N[C@@H]1CCCc2ccccc21)NC(=O)c1ccccc1F. The van der Waals surface area contributed by atoms with Crippen LogP contribution in [0.25, 0.3) is 0 Å². The third-order valence-electron chi connectivity index (χ3n) is 4.14. The van der Waals surface area contributed by atoms with Crippen molar-refractivity contribution in [3.8, 4) is 0 Å². The second-order valence-electron chi connectivity index (χ2n) is 5.68. The monoisotopic (exact) mass is 326 g/mol. The molecule has 0 aromatic heterocycles. The molecular formula is C19H19FN2O2. The molecular weight excluding hydrogens is 307 g/mol. The molecule has 24 heavy (non-hydrogen) atoms. The van der Waals surface area contributed by atoms with Crippen molar-refractivity contribution in [2.24, 2.45) is 4.99 Å². The summed E-state index contributed by atoms with van der Waals surface area (Å²) < 4.78 is 18.9. The van der Waals surface area contributed by atoms with Crippen LogP contribution in [0.4, 0.5) is 4.39 Å². The Hall–Kier alpha value is -2.69. The van der Waals surface area contributed by atoms with Gasteiger partial charge in [-0.2, -0.15) is 0 Å². The number of hydrogen-bond donors (Lipinski definition) is 1. The molecule has 5 heteroatoms. The van der Waals surface area contributed by atoms with Crippen LogP contribution < -0.4 is 5.32 Å². The van der Waals surface area contributed by atoms with Gasteiger partial charge in [0.15, 0.2) is 0 Å². The highest BCUT2D eigenvalue weighted by Crippen LogP contribution is 2.32. The first-order chi connectivity index (χ1) is 11.7. The lowest BCUT2D eigenvalue weighted by Gasteiger charge is -2.23. The molecule has 2 aromatic carbocycles. The minimum Gasteiger partial charge on any atom is -0.468 e. The molecule has 124 valence electrons. The van der Waals surface area contributed by atoms with Crippen LogP contribution in [0.15, 0.2) is 53.5 Å². The van der Waals surface area contributed by atoms with Crippen LogP contribution >= 0.6 is 0 Å². The van der Waals surface area contributed by atoms with Crippen molar-refractivity contribution in [1.82, 2.24) is 5.32 Å². The van der Waals surface area contributed by atoms with E-state index < -0.39 is 11.7 Å². The van der Waals surface area contributed by atoms with Crippen LogP contribution in [0.1, 0.15) is 40.4 Å². The van der Waals surface area contributed by atoms with Gasteiger partial charge in [-0.1, -0.05) is 36.4 Å². The highest BCUT2D eigenvalue weighted by Gasteiger charge is 2.21. The average molecular weight is 326 g/mol. The molecule has 0 fully saturated rings. The lowest BCUT2D eigenvalue weighted by Crippen LogP contribution is -2.33. The fraction of sp³-hybridized carbons (Fsp3) is 0.263. The summed E-state index contributed by atoms with van der Waals surface area (Å²) in [5, 5.41) is 2.55. The van der Waals surface area contributed by atoms with Crippen molar-refractivity contribution in [3.05, 3.63) is 71.0 Å². The number of nitrogens with one attached hydrogen (secondary N) is 1. The number of aliphatic imine (C=N–C) groups is 1. The molecule has 0 saturated carbocycles. The van der Waals surface area contributed by atoms with E-state index in [-0.39, 0.29) is 17.6 Å². The molecule has 0 saturated heterocycles. The number of ether oxygens (including phenoxy) is 1. The van der Waals surface area contributed by atoms with Crippen molar-refractivity contribution >= 4 is 11.9 Å². The van der Waals surface area contributed by atoms with Gasteiger partial charge in [-0.3, -0.25) is 10.1 Å². The Bertz CT molecular complexity index is 773. The number of benzene rings is 2. The van der Waals surface area contributed by atoms with Crippen LogP contribution in [-0.2, 0) is 11.2 Å². The largest absolute Gasteiger partial charge is 0.468 e. The number of fused-ring (bicyclic) bond motifs is 1. The number of amides is 1. The first-order valence-electron chi connectivity index (χ1n) is 7.94. The molecule has 0 unspecified atom stereocenters. The van der Waals surface area contributed by atoms with Gasteiger partial charge in [0.1, 0.15) is 5.82 Å². The zero-order valence-electron chi connectivity index (χ0n) is 13.5. The minimum atomic E-state index is -0.575. The second-order valence-corrected chi connectivity index (χ2v) is 5.68. The molecule has 1 N–H and O–H groups in total. The molecule has 3 rings (SSSR count). The summed E-state index contributed by atoms with van der Waals surface area (Å²) in [5.74, 6) is -1.15. The third-order valence-corrected chi connectivity index (χ3v) is 4.14. The number of carbonyl (C=O) groups excluding carboxylic acids is 1. The van der Waals surface area contributed by atoms with Crippen molar-refractivity contribution in [3.63, 3.8) is 0 Å². The van der Waals surface area contributed by atoms with Crippen molar-refractivity contribution in [1.29, 1.82) is 0 Å². The zero-order valence-corrected chi connectivity index (χ0v) is 13.5. The van der Waals surface area contributed by atoms with E-state index in [2.05, 4.69) is 22.4 Å². The fourth-order valence-electron chi connectivity index (χ4n) is 2.95. The van der Waals surface area contributed by atoms with Gasteiger partial charge < -0.3 is 4.74 Å². The lowest BCUT2D eigenvalue weighted by atomic mass is 9.88. The Kier molecular flexibility index (Phi) is 4.89. The summed E-state index contributed by atoms with van der Waals surface area (Å²) in [4.78, 5) is 16.7. The minimum absolute atomic E-state index is 0.0358. The van der Waals surface area contributed by atoms with E-state index in [1.54, 1.807) is 6.07 Å². The number of hydrogen-bond acceptors (Lipinski definition) is 3. The molecule has 0 radical (unpaired) electrons. The Morgan fingerprint density at radius 2 is 1.96 bits per heavy atom. The van der Waals surface area contributed by atoms with Crippen LogP contribution in [0.3, 0.4) is 0 Å². The number of carbonyl (C=O) groups is 1. The second kappa shape index (κ2) is 7.25. The van der Waals surface area contributed by atoms with Crippen LogP contribution in [-0.4, -0.2) is 19.0 Å². The van der Waals surface area contributed by atoms with E-state index in [1.807, 2.05) is 12.1 Å². The first-order valence-corrected chi connectivity index (χ1v) is 7.94. The number of nitrogens with zero attached hydrogens (tertiary/aromatic N) is 1. The Labute approximate surface area is 140 Å². The van der Waals surface area contributed by atoms with Gasteiger partial charge in [-0.05, 0) is 42.5 Å². The summed E-state index contributed by atoms with van der Waals surface area (Å²) in [6, 6.07) is 14.0. The van der Waals surface area contributed by atoms with Crippen molar-refractivity contribution < 1.29 is 13.9 Å². The summed E-state index contributed by atoms with van der Waals surface area (Å²) >= 11 is 0. The van der Waals surface area contributed by atoms with Gasteiger partial charge >= 0.3 is 0 Å². The maximum atomic E-state index is 13.7. The molecule has 2 aromatic rings. The molecule has 1 aliphatic carbocycles. The number of halogens is 1. The molecule has 1 atom stereocenters. The predicted molar refractivity (Wildman–Crippen MR) is 90.4 cm³/mol. The first kappa shape index (κ1) is 16.2. The van der Waals surface area contributed by atoms with E-state index in [9.17, 15) is 9.18 Å². The lowest BCUT2D eigenvalue weighted by molar-refractivity contribution is 0.0964. The summed E-state index contributed by atoms with van der Waals surface area (Å²) in [6.07, 6.45) is 2.95. The van der Waals surface area contributed by atoms with E-state index >= 15 is 0 Å². The van der Waals surface area contributed by atoms with Crippen LogP contribution in [0.2, 0.25) is 0 Å². The molecule has 0 heterocycles. The maximum Gasteiger partial charge on any atom is 0.292 e. The molecule has 0 spiro atoms. The summed E-state index contributed by atoms with van der Waals surface area (Å²) in [7, 11) is 1.44. The molecule has 1 amide bonds. The van der Waals surface area contributed by atoms with Gasteiger partial charge in [0.05, 0.1) is 18.7 Å². The smallest absolute Gasteiger partial charge is 0.292 e. The van der Waals surface area contributed by atoms with Gasteiger partial charge in [0.25, 0.3) is 11.9 Å². The van der Waals surface area contributed by atoms with E-state index in [0.717, 1.165) is 24.8 Å². The van der Waals surface area contributed by atoms with E-state index in [0.29, 0.717) is 0 Å². The third kappa shape index (κ3) is 3.45. The zero-order chi connectivity index (χ0) is 16.9. The van der Waals surface area contributed by atoms with Gasteiger partial charge in [-0.25, -0.2) is 9.38 Å². The van der Waals surface area contributed by atoms with E-state index in [4.69, 9.17) is 4.74 Å². The summed E-state index contributed by atoms with van der Waals surface area (Å²) in [6.45, 7) is 0. The number of methoxy groups -OCH3 is 1. The van der Waals surface area contributed by atoms with Crippen molar-refractivity contribution in [2.75, 3.05) is 7.11 Å². The van der Waals surface area contributed by atoms with Gasteiger partial charge in [0.2, 0.25) is 0 Å². The standard InChI is InChI=1S/C19H19FN2O2/c1-24-19(22-18(23)15-10-4-5-11-16(15)20)21-17-12-6-8-13-7-2-3-9-14(13)17/h2-5,7,9-11,17H,6,8,12H2,1H3,(H,21,22,23)/t17-/m1/s1. The molecule has 1 aliphatic rings. The van der Waals surface area contributed by atoms with E-state index in [1.165, 1.54) is 30.9 Å². The maximum absolute atomic E-state index is 13.7. The Morgan fingerprint density at radius 3 is 2.75 bits per heavy atom. The van der Waals surface area contributed by atoms with Crippen LogP contribution in [0, 0.1) is 5.82 Å².